The summed E-state index contributed by atoms with van der Waals surface area (Å²) in [5.74, 6) is 0.925. The maximum Gasteiger partial charge on any atom is 0.257 e. The molecule has 4 unspecified atom stereocenters. The number of rotatable bonds is 2. The maximum atomic E-state index is 13.0. The first-order valence-electron chi connectivity index (χ1n) is 9.25. The molecule has 1 saturated heterocycles. The van der Waals surface area contributed by atoms with Crippen LogP contribution in [-0.2, 0) is 4.79 Å². The van der Waals surface area contributed by atoms with Gasteiger partial charge in [0.15, 0.2) is 0 Å². The van der Waals surface area contributed by atoms with Crippen LogP contribution in [0, 0.1) is 17.8 Å². The zero-order chi connectivity index (χ0) is 18.4. The molecule has 2 aliphatic carbocycles. The van der Waals surface area contributed by atoms with Gasteiger partial charge < -0.3 is 15.5 Å². The van der Waals surface area contributed by atoms with Gasteiger partial charge >= 0.3 is 0 Å². The highest BCUT2D eigenvalue weighted by Crippen LogP contribution is 2.48. The largest absolute Gasteiger partial charge is 0.339 e. The van der Waals surface area contributed by atoms with Crippen LogP contribution >= 0.6 is 23.2 Å². The molecule has 5 nitrogen and oxygen atoms in total. The van der Waals surface area contributed by atoms with E-state index in [1.54, 1.807) is 23.1 Å². The van der Waals surface area contributed by atoms with Crippen molar-refractivity contribution in [3.8, 4) is 0 Å². The second-order valence-corrected chi connectivity index (χ2v) is 8.46. The Morgan fingerprint density at radius 3 is 2.12 bits per heavy atom. The zero-order valence-corrected chi connectivity index (χ0v) is 16.0. The minimum atomic E-state index is -0.177. The van der Waals surface area contributed by atoms with Gasteiger partial charge in [-0.25, -0.2) is 0 Å². The average Bonchev–Trinajstić information content (AvgIpc) is 3.22. The van der Waals surface area contributed by atoms with Gasteiger partial charge in [-0.15, -0.1) is 0 Å². The van der Waals surface area contributed by atoms with E-state index in [1.165, 1.54) is 0 Å². The van der Waals surface area contributed by atoms with E-state index in [2.05, 4.69) is 0 Å². The summed E-state index contributed by atoms with van der Waals surface area (Å²) in [5, 5.41) is 0.711. The number of halogens is 2. The fraction of sp³-hybridized carbons (Fsp3) is 0.579. The molecule has 3 aliphatic rings. The fourth-order valence-corrected chi connectivity index (χ4v) is 5.46. The predicted octanol–water partition coefficient (Wildman–Crippen LogP) is 2.65. The Morgan fingerprint density at radius 2 is 1.54 bits per heavy atom. The molecule has 2 amide bonds. The van der Waals surface area contributed by atoms with Gasteiger partial charge in [0.05, 0.1) is 21.5 Å². The lowest BCUT2D eigenvalue weighted by atomic mass is 9.84. The Hall–Kier alpha value is -1.30. The van der Waals surface area contributed by atoms with Crippen LogP contribution in [0.3, 0.4) is 0 Å². The zero-order valence-electron chi connectivity index (χ0n) is 14.5. The number of hydrogen-bond acceptors (Lipinski definition) is 3. The summed E-state index contributed by atoms with van der Waals surface area (Å²) < 4.78 is 0. The molecule has 2 bridgehead atoms. The number of hydrogen-bond donors (Lipinski definition) is 1. The summed E-state index contributed by atoms with van der Waals surface area (Å²) in [7, 11) is 0. The van der Waals surface area contributed by atoms with Crippen molar-refractivity contribution in [1.29, 1.82) is 0 Å². The van der Waals surface area contributed by atoms with Crippen molar-refractivity contribution in [2.24, 2.45) is 23.5 Å². The van der Waals surface area contributed by atoms with E-state index in [4.69, 9.17) is 28.9 Å². The van der Waals surface area contributed by atoms with Crippen LogP contribution in [0.1, 0.15) is 29.6 Å². The number of carbonyl (C=O) groups excluding carboxylic acids is 2. The van der Waals surface area contributed by atoms with E-state index < -0.39 is 0 Å². The molecule has 4 atom stereocenters. The summed E-state index contributed by atoms with van der Waals surface area (Å²) in [5.41, 5.74) is 6.65. The molecule has 0 radical (unpaired) electrons. The van der Waals surface area contributed by atoms with Gasteiger partial charge in [0, 0.05) is 32.2 Å². The Balaban J connectivity index is 1.40. The molecule has 1 aliphatic heterocycles. The van der Waals surface area contributed by atoms with Gasteiger partial charge in [-0.3, -0.25) is 9.59 Å². The normalized spacial score (nSPS) is 30.7. The molecule has 1 heterocycles. The number of nitrogens with two attached hydrogens (primary N) is 1. The van der Waals surface area contributed by atoms with Crippen molar-refractivity contribution < 1.29 is 9.59 Å². The Morgan fingerprint density at radius 1 is 0.962 bits per heavy atom. The van der Waals surface area contributed by atoms with Crippen LogP contribution in [0.25, 0.3) is 0 Å². The summed E-state index contributed by atoms with van der Waals surface area (Å²) in [4.78, 5) is 29.3. The van der Waals surface area contributed by atoms with Gasteiger partial charge in [-0.05, 0) is 43.2 Å². The SMILES string of the molecule is NC1C2CCC(C2)C1C(=O)N1CCN(C(=O)c2c(Cl)cccc2Cl)CC1. The molecular formula is C19H23Cl2N3O2. The molecule has 1 aromatic carbocycles. The molecule has 0 aromatic heterocycles. The Bertz CT molecular complexity index is 711. The highest BCUT2D eigenvalue weighted by Gasteiger charge is 2.50. The monoisotopic (exact) mass is 395 g/mol. The van der Waals surface area contributed by atoms with E-state index in [9.17, 15) is 9.59 Å². The average molecular weight is 396 g/mol. The summed E-state index contributed by atoms with van der Waals surface area (Å²) in [6, 6.07) is 5.05. The van der Waals surface area contributed by atoms with Gasteiger partial charge in [0.25, 0.3) is 5.91 Å². The summed E-state index contributed by atoms with van der Waals surface area (Å²) in [6.07, 6.45) is 3.38. The lowest BCUT2D eigenvalue weighted by molar-refractivity contribution is -0.139. The topological polar surface area (TPSA) is 66.6 Å². The van der Waals surface area contributed by atoms with Crippen molar-refractivity contribution in [2.45, 2.75) is 25.3 Å². The minimum Gasteiger partial charge on any atom is -0.339 e. The molecule has 3 fully saturated rings. The third kappa shape index (κ3) is 3.00. The smallest absolute Gasteiger partial charge is 0.257 e. The van der Waals surface area contributed by atoms with Crippen LogP contribution in [0.15, 0.2) is 18.2 Å². The second kappa shape index (κ2) is 7.02. The Kier molecular flexibility index (Phi) is 4.88. The first kappa shape index (κ1) is 18.1. The Labute approximate surface area is 163 Å². The number of fused-ring (bicyclic) bond motifs is 2. The van der Waals surface area contributed by atoms with Gasteiger partial charge in [-0.1, -0.05) is 29.3 Å². The molecule has 1 aromatic rings. The molecule has 2 N–H and O–H groups in total. The van der Waals surface area contributed by atoms with Gasteiger partial charge in [0.1, 0.15) is 0 Å². The first-order valence-corrected chi connectivity index (χ1v) is 10.0. The predicted molar refractivity (Wildman–Crippen MR) is 101 cm³/mol. The van der Waals surface area contributed by atoms with Crippen molar-refractivity contribution in [2.75, 3.05) is 26.2 Å². The molecule has 0 spiro atoms. The van der Waals surface area contributed by atoms with Crippen LogP contribution in [0.4, 0.5) is 0 Å². The van der Waals surface area contributed by atoms with E-state index in [0.29, 0.717) is 53.6 Å². The summed E-state index contributed by atoms with van der Waals surface area (Å²) in [6.45, 7) is 2.05. The molecule has 140 valence electrons. The highest BCUT2D eigenvalue weighted by molar-refractivity contribution is 6.39. The van der Waals surface area contributed by atoms with Gasteiger partial charge in [-0.2, -0.15) is 0 Å². The van der Waals surface area contributed by atoms with Crippen LogP contribution in [0.2, 0.25) is 10.0 Å². The lowest BCUT2D eigenvalue weighted by Gasteiger charge is -2.38. The van der Waals surface area contributed by atoms with Crippen LogP contribution in [-0.4, -0.2) is 53.8 Å². The van der Waals surface area contributed by atoms with Crippen LogP contribution in [0.5, 0.6) is 0 Å². The number of carbonyl (C=O) groups is 2. The fourth-order valence-electron chi connectivity index (χ4n) is 4.90. The number of benzene rings is 1. The number of piperazine rings is 1. The quantitative estimate of drug-likeness (QED) is 0.836. The highest BCUT2D eigenvalue weighted by atomic mass is 35.5. The van der Waals surface area contributed by atoms with Crippen molar-refractivity contribution in [3.05, 3.63) is 33.8 Å². The number of nitrogens with zero attached hydrogens (tertiary/aromatic N) is 2. The molecule has 26 heavy (non-hydrogen) atoms. The van der Waals surface area contributed by atoms with Crippen molar-refractivity contribution in [3.63, 3.8) is 0 Å². The molecule has 7 heteroatoms. The van der Waals surface area contributed by atoms with E-state index >= 15 is 0 Å². The van der Waals surface area contributed by atoms with Crippen molar-refractivity contribution >= 4 is 35.0 Å². The van der Waals surface area contributed by atoms with Gasteiger partial charge in [0.2, 0.25) is 5.91 Å². The molecular weight excluding hydrogens is 373 g/mol. The van der Waals surface area contributed by atoms with Crippen molar-refractivity contribution in [1.82, 2.24) is 9.80 Å². The van der Waals surface area contributed by atoms with E-state index in [-0.39, 0.29) is 23.8 Å². The van der Waals surface area contributed by atoms with E-state index in [0.717, 1.165) is 19.3 Å². The number of amides is 2. The second-order valence-electron chi connectivity index (χ2n) is 7.65. The molecule has 2 saturated carbocycles. The third-order valence-corrected chi connectivity index (χ3v) is 6.95. The standard InChI is InChI=1S/C19H23Cl2N3O2/c20-13-2-1-3-14(21)16(13)19(26)24-8-6-23(7-9-24)18(25)15-11-4-5-12(10-11)17(15)22/h1-3,11-12,15,17H,4-10,22H2. The maximum absolute atomic E-state index is 13.0. The summed E-state index contributed by atoms with van der Waals surface area (Å²) >= 11 is 12.3. The minimum absolute atomic E-state index is 0.00263. The third-order valence-electron chi connectivity index (χ3n) is 6.32. The van der Waals surface area contributed by atoms with E-state index in [1.807, 2.05) is 4.90 Å². The lowest BCUT2D eigenvalue weighted by Crippen LogP contribution is -2.54. The van der Waals surface area contributed by atoms with Crippen LogP contribution < -0.4 is 5.73 Å². The molecule has 4 rings (SSSR count). The first-order chi connectivity index (χ1) is 12.5.